The number of aryl methyl sites for hydroxylation is 1. The molecule has 0 saturated heterocycles. The number of Topliss-reactive ketones (excluding diaryl/α,β-unsaturated/α-hetero) is 2. The molecule has 148 valence electrons. The van der Waals surface area contributed by atoms with E-state index in [0.29, 0.717) is 22.6 Å². The third kappa shape index (κ3) is 3.60. The molecule has 0 unspecified atom stereocenters. The summed E-state index contributed by atoms with van der Waals surface area (Å²) in [7, 11) is 0. The van der Waals surface area contributed by atoms with Gasteiger partial charge in [0.15, 0.2) is 0 Å². The summed E-state index contributed by atoms with van der Waals surface area (Å²) in [6.07, 6.45) is 1.60. The smallest absolute Gasteiger partial charge is 0.256 e. The second-order valence-corrected chi connectivity index (χ2v) is 7.10. The molecule has 1 aliphatic carbocycles. The van der Waals surface area contributed by atoms with Gasteiger partial charge in [-0.2, -0.15) is 0 Å². The van der Waals surface area contributed by atoms with Crippen LogP contribution in [0.3, 0.4) is 0 Å². The Labute approximate surface area is 177 Å². The molecule has 4 rings (SSSR count). The van der Waals surface area contributed by atoms with Crippen LogP contribution in [0.5, 0.6) is 0 Å². The molecule has 0 saturated carbocycles. The molecule has 0 fully saturated rings. The molecule has 2 N–H and O–H groups in total. The lowest BCUT2D eigenvalue weighted by Crippen LogP contribution is -2.24. The average Bonchev–Trinajstić information content (AvgIpc) is 2.77. The van der Waals surface area contributed by atoms with Crippen LogP contribution < -0.4 is 10.6 Å². The third-order valence-corrected chi connectivity index (χ3v) is 5.08. The maximum atomic E-state index is 12.8. The number of carbonyl (C=O) groups excluding carboxylic acids is 3. The maximum Gasteiger partial charge on any atom is 0.256 e. The third-order valence-electron chi connectivity index (χ3n) is 4.72. The first-order chi connectivity index (χ1) is 14.5. The van der Waals surface area contributed by atoms with Crippen molar-refractivity contribution in [1.29, 1.82) is 0 Å². The summed E-state index contributed by atoms with van der Waals surface area (Å²) in [6, 6.07) is 16.7. The highest BCUT2D eigenvalue weighted by molar-refractivity contribution is 6.50. The molecule has 0 spiro atoms. The van der Waals surface area contributed by atoms with Crippen molar-refractivity contribution >= 4 is 40.6 Å². The van der Waals surface area contributed by atoms with E-state index in [-0.39, 0.29) is 28.0 Å². The van der Waals surface area contributed by atoms with Crippen LogP contribution in [-0.2, 0) is 0 Å². The van der Waals surface area contributed by atoms with E-state index in [0.717, 1.165) is 5.56 Å². The van der Waals surface area contributed by atoms with Crippen molar-refractivity contribution in [2.24, 2.45) is 0 Å². The van der Waals surface area contributed by atoms with Crippen molar-refractivity contribution in [1.82, 2.24) is 4.98 Å². The van der Waals surface area contributed by atoms with E-state index in [4.69, 9.17) is 11.6 Å². The van der Waals surface area contributed by atoms with Gasteiger partial charge in [-0.15, -0.1) is 0 Å². The molecule has 0 bridgehead atoms. The Kier molecular flexibility index (Phi) is 5.16. The van der Waals surface area contributed by atoms with Crippen molar-refractivity contribution < 1.29 is 14.4 Å². The number of benzene rings is 2. The lowest BCUT2D eigenvalue weighted by Gasteiger charge is -2.19. The van der Waals surface area contributed by atoms with Crippen molar-refractivity contribution in [3.8, 4) is 0 Å². The standard InChI is InChI=1S/C23H16ClN3O3/c1-13-5-4-12-25-22(13)27-23(30)14-8-10-15(11-9-14)26-19-18(24)20(28)16-6-2-3-7-17(16)21(19)29/h2-12,26H,1H3,(H,25,27,30). The topological polar surface area (TPSA) is 88.2 Å². The van der Waals surface area contributed by atoms with Gasteiger partial charge < -0.3 is 10.6 Å². The molecule has 1 aromatic heterocycles. The van der Waals surface area contributed by atoms with Crippen LogP contribution in [0.25, 0.3) is 0 Å². The molecule has 6 nitrogen and oxygen atoms in total. The van der Waals surface area contributed by atoms with Gasteiger partial charge in [0.05, 0.1) is 0 Å². The molecule has 7 heteroatoms. The SMILES string of the molecule is Cc1cccnc1NC(=O)c1ccc(NC2=C(Cl)C(=O)c3ccccc3C2=O)cc1. The number of rotatable bonds is 4. The zero-order chi connectivity index (χ0) is 21.3. The fourth-order valence-electron chi connectivity index (χ4n) is 3.10. The van der Waals surface area contributed by atoms with Crippen LogP contribution in [-0.4, -0.2) is 22.5 Å². The fourth-order valence-corrected chi connectivity index (χ4v) is 3.34. The molecule has 30 heavy (non-hydrogen) atoms. The average molecular weight is 418 g/mol. The van der Waals surface area contributed by atoms with Gasteiger partial charge in [-0.25, -0.2) is 4.98 Å². The molecule has 1 heterocycles. The number of hydrogen-bond acceptors (Lipinski definition) is 5. The highest BCUT2D eigenvalue weighted by Gasteiger charge is 2.31. The maximum absolute atomic E-state index is 12.8. The van der Waals surface area contributed by atoms with E-state index in [1.165, 1.54) is 0 Å². The Bertz CT molecular complexity index is 1220. The van der Waals surface area contributed by atoms with Crippen LogP contribution in [0.2, 0.25) is 0 Å². The van der Waals surface area contributed by atoms with Crippen LogP contribution in [0.4, 0.5) is 11.5 Å². The number of fused-ring (bicyclic) bond motifs is 1. The molecular formula is C23H16ClN3O3. The second-order valence-electron chi connectivity index (χ2n) is 6.72. The van der Waals surface area contributed by atoms with Crippen LogP contribution in [0.1, 0.15) is 36.6 Å². The number of anilines is 2. The number of nitrogens with one attached hydrogen (secondary N) is 2. The number of halogens is 1. The van der Waals surface area contributed by atoms with Gasteiger partial charge in [0.25, 0.3) is 5.91 Å². The lowest BCUT2D eigenvalue weighted by molar-refractivity contribution is 0.0982. The van der Waals surface area contributed by atoms with E-state index in [1.54, 1.807) is 60.8 Å². The number of allylic oxidation sites excluding steroid dienone is 2. The number of aromatic nitrogens is 1. The molecule has 1 amide bonds. The number of nitrogens with zero attached hydrogens (tertiary/aromatic N) is 1. The van der Waals surface area contributed by atoms with Gasteiger partial charge in [-0.3, -0.25) is 14.4 Å². The Morgan fingerprint density at radius 2 is 1.57 bits per heavy atom. The van der Waals surface area contributed by atoms with E-state index >= 15 is 0 Å². The highest BCUT2D eigenvalue weighted by atomic mass is 35.5. The Morgan fingerprint density at radius 1 is 0.900 bits per heavy atom. The number of pyridine rings is 1. The van der Waals surface area contributed by atoms with Crippen molar-refractivity contribution in [2.75, 3.05) is 10.6 Å². The molecule has 0 atom stereocenters. The zero-order valence-corrected chi connectivity index (χ0v) is 16.7. The minimum absolute atomic E-state index is 0.0154. The molecule has 1 aliphatic rings. The first kappa shape index (κ1) is 19.5. The number of ketones is 2. The summed E-state index contributed by atoms with van der Waals surface area (Å²) < 4.78 is 0. The Balaban J connectivity index is 1.53. The monoisotopic (exact) mass is 417 g/mol. The molecular weight excluding hydrogens is 402 g/mol. The van der Waals surface area contributed by atoms with Crippen molar-refractivity contribution in [2.45, 2.75) is 6.92 Å². The van der Waals surface area contributed by atoms with Gasteiger partial charge in [0, 0.05) is 28.6 Å². The van der Waals surface area contributed by atoms with Gasteiger partial charge in [-0.05, 0) is 42.8 Å². The van der Waals surface area contributed by atoms with E-state index in [2.05, 4.69) is 15.6 Å². The molecule has 3 aromatic rings. The second kappa shape index (κ2) is 7.93. The summed E-state index contributed by atoms with van der Waals surface area (Å²) >= 11 is 6.17. The fraction of sp³-hybridized carbons (Fsp3) is 0.0435. The quantitative estimate of drug-likeness (QED) is 0.648. The normalized spacial score (nSPS) is 13.1. The first-order valence-corrected chi connectivity index (χ1v) is 9.52. The molecule has 0 radical (unpaired) electrons. The predicted octanol–water partition coefficient (Wildman–Crippen LogP) is 4.58. The van der Waals surface area contributed by atoms with Crippen molar-refractivity contribution in [3.05, 3.63) is 99.8 Å². The summed E-state index contributed by atoms with van der Waals surface area (Å²) in [5.74, 6) is -0.580. The van der Waals surface area contributed by atoms with E-state index in [9.17, 15) is 14.4 Å². The number of amides is 1. The van der Waals surface area contributed by atoms with Gasteiger partial charge in [0.2, 0.25) is 11.6 Å². The van der Waals surface area contributed by atoms with E-state index < -0.39 is 5.78 Å². The van der Waals surface area contributed by atoms with Crippen molar-refractivity contribution in [3.63, 3.8) is 0 Å². The summed E-state index contributed by atoms with van der Waals surface area (Å²) in [6.45, 7) is 1.85. The lowest BCUT2D eigenvalue weighted by atomic mass is 9.92. The molecule has 2 aromatic carbocycles. The van der Waals surface area contributed by atoms with Gasteiger partial charge >= 0.3 is 0 Å². The Hall–Kier alpha value is -3.77. The highest BCUT2D eigenvalue weighted by Crippen LogP contribution is 2.29. The van der Waals surface area contributed by atoms with Crippen LogP contribution in [0, 0.1) is 6.92 Å². The van der Waals surface area contributed by atoms with E-state index in [1.807, 2.05) is 13.0 Å². The minimum atomic E-state index is -0.406. The van der Waals surface area contributed by atoms with Crippen LogP contribution >= 0.6 is 11.6 Å². The summed E-state index contributed by atoms with van der Waals surface area (Å²) in [4.78, 5) is 41.8. The zero-order valence-electron chi connectivity index (χ0n) is 15.9. The van der Waals surface area contributed by atoms with Crippen LogP contribution in [0.15, 0.2) is 77.6 Å². The Morgan fingerprint density at radius 3 is 2.23 bits per heavy atom. The number of carbonyl (C=O) groups is 3. The largest absolute Gasteiger partial charge is 0.351 e. The minimum Gasteiger partial charge on any atom is -0.351 e. The van der Waals surface area contributed by atoms with Gasteiger partial charge in [0.1, 0.15) is 16.5 Å². The molecule has 0 aliphatic heterocycles. The predicted molar refractivity (Wildman–Crippen MR) is 115 cm³/mol. The number of hydrogen-bond donors (Lipinski definition) is 2. The first-order valence-electron chi connectivity index (χ1n) is 9.14. The van der Waals surface area contributed by atoms with Gasteiger partial charge in [-0.1, -0.05) is 41.9 Å². The summed E-state index contributed by atoms with van der Waals surface area (Å²) in [5, 5.41) is 5.51. The summed E-state index contributed by atoms with van der Waals surface area (Å²) in [5.41, 5.74) is 2.40.